The monoisotopic (exact) mass is 304 g/mol. The van der Waals surface area contributed by atoms with Crippen LogP contribution in [0.1, 0.15) is 12.8 Å². The zero-order chi connectivity index (χ0) is 16.2. The number of rotatable bonds is 3. The third kappa shape index (κ3) is 6.68. The summed E-state index contributed by atoms with van der Waals surface area (Å²) in [7, 11) is 0. The highest BCUT2D eigenvalue weighted by Gasteiger charge is 2.20. The maximum Gasteiger partial charge on any atom is 0.246 e. The van der Waals surface area contributed by atoms with Crippen molar-refractivity contribution in [2.75, 3.05) is 39.3 Å². The molecule has 0 spiro atoms. The topological polar surface area (TPSA) is 104 Å². The number of carbonyl (C=O) groups excluding carboxylic acids is 1. The molecule has 2 heterocycles. The molecule has 2 fully saturated rings. The number of nitrogens with zero attached hydrogens (tertiary/aromatic N) is 3. The predicted octanol–water partition coefficient (Wildman–Crippen LogP) is -0.652. The third-order valence-electron chi connectivity index (χ3n) is 3.54. The van der Waals surface area contributed by atoms with E-state index in [-0.39, 0.29) is 11.9 Å². The smallest absolute Gasteiger partial charge is 0.246 e. The molecule has 2 atom stereocenters. The van der Waals surface area contributed by atoms with Gasteiger partial charge in [0, 0.05) is 51.4 Å². The summed E-state index contributed by atoms with van der Waals surface area (Å²) >= 11 is 0. The first-order chi connectivity index (χ1) is 10.7. The predicted molar refractivity (Wildman–Crippen MR) is 83.7 cm³/mol. The number of piperazine rings is 2. The molecule has 0 aliphatic carbocycles. The second kappa shape index (κ2) is 10.7. The molecular weight excluding hydrogens is 280 g/mol. The minimum Gasteiger partial charge on any atom is -0.336 e. The average molecular weight is 304 g/mol. The van der Waals surface area contributed by atoms with E-state index in [4.69, 9.17) is 10.5 Å². The molecule has 0 bridgehead atoms. The van der Waals surface area contributed by atoms with Crippen LogP contribution in [0.15, 0.2) is 12.7 Å². The Morgan fingerprint density at radius 2 is 1.86 bits per heavy atom. The van der Waals surface area contributed by atoms with Crippen molar-refractivity contribution in [3.8, 4) is 12.1 Å². The lowest BCUT2D eigenvalue weighted by Gasteiger charge is -2.31. The average Bonchev–Trinajstić information content (AvgIpc) is 2.56. The first-order valence-electron chi connectivity index (χ1n) is 7.54. The Morgan fingerprint density at radius 3 is 2.45 bits per heavy atom. The maximum atomic E-state index is 11.2. The van der Waals surface area contributed by atoms with E-state index >= 15 is 0 Å². The van der Waals surface area contributed by atoms with Crippen LogP contribution in [0.3, 0.4) is 0 Å². The van der Waals surface area contributed by atoms with E-state index in [1.165, 1.54) is 6.08 Å². The summed E-state index contributed by atoms with van der Waals surface area (Å²) in [6, 6.07) is 4.72. The molecule has 7 nitrogen and oxygen atoms in total. The Balaban J connectivity index is 0.000000235. The Kier molecular flexibility index (Phi) is 8.85. The number of amides is 1. The lowest BCUT2D eigenvalue weighted by molar-refractivity contribution is -0.127. The second-order valence-electron chi connectivity index (χ2n) is 5.22. The van der Waals surface area contributed by atoms with Crippen LogP contribution in [0.25, 0.3) is 0 Å². The van der Waals surface area contributed by atoms with Gasteiger partial charge in [0.05, 0.1) is 25.0 Å². The largest absolute Gasteiger partial charge is 0.336 e. The number of nitriles is 2. The molecule has 120 valence electrons. The molecule has 0 radical (unpaired) electrons. The van der Waals surface area contributed by atoms with E-state index in [1.54, 1.807) is 4.90 Å². The fourth-order valence-electron chi connectivity index (χ4n) is 2.37. The van der Waals surface area contributed by atoms with Gasteiger partial charge in [0.25, 0.3) is 0 Å². The minimum absolute atomic E-state index is 0.0514. The van der Waals surface area contributed by atoms with Gasteiger partial charge >= 0.3 is 0 Å². The number of hydrogen-bond donors (Lipinski definition) is 3. The van der Waals surface area contributed by atoms with E-state index < -0.39 is 0 Å². The molecule has 0 aromatic heterocycles. The highest BCUT2D eigenvalue weighted by atomic mass is 16.2. The quantitative estimate of drug-likeness (QED) is 0.599. The van der Waals surface area contributed by atoms with Crippen molar-refractivity contribution in [3.05, 3.63) is 12.7 Å². The van der Waals surface area contributed by atoms with E-state index in [0.29, 0.717) is 32.0 Å². The SMILES string of the molecule is C=CC(=O)N1CCNC(CC#N)C1.N#CCC1CNCCN1. The third-order valence-corrected chi connectivity index (χ3v) is 3.54. The molecule has 2 rings (SSSR count). The van der Waals surface area contributed by atoms with Crippen molar-refractivity contribution >= 4 is 5.91 Å². The molecule has 0 aromatic rings. The van der Waals surface area contributed by atoms with Gasteiger partial charge in [-0.3, -0.25) is 4.79 Å². The summed E-state index contributed by atoms with van der Waals surface area (Å²) in [6.07, 6.45) is 2.38. The Morgan fingerprint density at radius 1 is 1.18 bits per heavy atom. The van der Waals surface area contributed by atoms with E-state index in [1.807, 2.05) is 0 Å². The molecule has 22 heavy (non-hydrogen) atoms. The van der Waals surface area contributed by atoms with Gasteiger partial charge in [0.1, 0.15) is 0 Å². The minimum atomic E-state index is -0.0514. The van der Waals surface area contributed by atoms with Crippen molar-refractivity contribution in [2.24, 2.45) is 0 Å². The van der Waals surface area contributed by atoms with Crippen molar-refractivity contribution in [2.45, 2.75) is 24.9 Å². The van der Waals surface area contributed by atoms with Gasteiger partial charge in [-0.25, -0.2) is 0 Å². The van der Waals surface area contributed by atoms with Gasteiger partial charge in [-0.2, -0.15) is 10.5 Å². The van der Waals surface area contributed by atoms with Crippen molar-refractivity contribution in [1.29, 1.82) is 10.5 Å². The van der Waals surface area contributed by atoms with E-state index in [2.05, 4.69) is 34.7 Å². The summed E-state index contributed by atoms with van der Waals surface area (Å²) < 4.78 is 0. The molecule has 0 saturated carbocycles. The van der Waals surface area contributed by atoms with Crippen LogP contribution in [0.5, 0.6) is 0 Å². The van der Waals surface area contributed by atoms with Crippen molar-refractivity contribution in [1.82, 2.24) is 20.9 Å². The van der Waals surface area contributed by atoms with E-state index in [9.17, 15) is 4.79 Å². The normalized spacial score (nSPS) is 24.2. The van der Waals surface area contributed by atoms with Crippen LogP contribution >= 0.6 is 0 Å². The van der Waals surface area contributed by atoms with Crippen LogP contribution in [-0.2, 0) is 4.79 Å². The highest BCUT2D eigenvalue weighted by Crippen LogP contribution is 2.02. The van der Waals surface area contributed by atoms with Gasteiger partial charge in [-0.1, -0.05) is 6.58 Å². The Bertz CT molecular complexity index is 432. The van der Waals surface area contributed by atoms with Crippen LogP contribution < -0.4 is 16.0 Å². The summed E-state index contributed by atoms with van der Waals surface area (Å²) in [6.45, 7) is 8.46. The molecule has 2 aliphatic rings. The van der Waals surface area contributed by atoms with Crippen LogP contribution in [0.2, 0.25) is 0 Å². The lowest BCUT2D eigenvalue weighted by atomic mass is 10.1. The summed E-state index contributed by atoms with van der Waals surface area (Å²) in [5.74, 6) is -0.0514. The van der Waals surface area contributed by atoms with Gasteiger partial charge in [-0.05, 0) is 6.08 Å². The van der Waals surface area contributed by atoms with Gasteiger partial charge in [-0.15, -0.1) is 0 Å². The molecule has 3 N–H and O–H groups in total. The second-order valence-corrected chi connectivity index (χ2v) is 5.22. The maximum absolute atomic E-state index is 11.2. The molecule has 2 aliphatic heterocycles. The van der Waals surface area contributed by atoms with Gasteiger partial charge < -0.3 is 20.9 Å². The van der Waals surface area contributed by atoms with Crippen molar-refractivity contribution < 1.29 is 4.79 Å². The first kappa shape index (κ1) is 18.1. The zero-order valence-electron chi connectivity index (χ0n) is 12.8. The summed E-state index contributed by atoms with van der Waals surface area (Å²) in [5, 5.41) is 26.4. The number of hydrogen-bond acceptors (Lipinski definition) is 6. The van der Waals surface area contributed by atoms with Crippen LogP contribution in [0.4, 0.5) is 0 Å². The van der Waals surface area contributed by atoms with E-state index in [0.717, 1.165) is 26.2 Å². The standard InChI is InChI=1S/C9H13N3O.C6H11N3/c1-2-9(13)12-6-5-11-8(7-12)3-4-10;7-2-1-6-5-8-3-4-9-6/h2,8,11H,1,3,5-7H2;6,8-9H,1,3-5H2. The lowest BCUT2D eigenvalue weighted by Crippen LogP contribution is -2.52. The molecule has 0 aromatic carbocycles. The summed E-state index contributed by atoms with van der Waals surface area (Å²) in [4.78, 5) is 12.9. The Labute approximate surface area is 132 Å². The molecular formula is C15H24N6O. The van der Waals surface area contributed by atoms with Crippen molar-refractivity contribution in [3.63, 3.8) is 0 Å². The van der Waals surface area contributed by atoms with Crippen LogP contribution in [-0.4, -0.2) is 62.2 Å². The molecule has 7 heteroatoms. The van der Waals surface area contributed by atoms with Crippen LogP contribution in [0, 0.1) is 22.7 Å². The first-order valence-corrected chi connectivity index (χ1v) is 7.54. The molecule has 2 unspecified atom stereocenters. The molecule has 2 saturated heterocycles. The fourth-order valence-corrected chi connectivity index (χ4v) is 2.37. The highest BCUT2D eigenvalue weighted by molar-refractivity contribution is 5.87. The van der Waals surface area contributed by atoms with Gasteiger partial charge in [0.15, 0.2) is 0 Å². The zero-order valence-corrected chi connectivity index (χ0v) is 12.8. The summed E-state index contributed by atoms with van der Waals surface area (Å²) in [5.41, 5.74) is 0. The molecule has 1 amide bonds. The Hall–Kier alpha value is -1.93. The number of carbonyl (C=O) groups is 1. The number of nitrogens with one attached hydrogen (secondary N) is 3. The fraction of sp³-hybridized carbons (Fsp3) is 0.667. The van der Waals surface area contributed by atoms with Gasteiger partial charge in [0.2, 0.25) is 5.91 Å².